The predicted molar refractivity (Wildman–Crippen MR) is 222 cm³/mol. The molecule has 0 unspecified atom stereocenters. The number of ether oxygens (including phenoxy) is 5. The molecule has 3 aliphatic rings. The van der Waals surface area contributed by atoms with Crippen LogP contribution in [0.5, 0.6) is 0 Å². The first kappa shape index (κ1) is 50.5. The summed E-state index contributed by atoms with van der Waals surface area (Å²) in [6, 6.07) is -0.514. The van der Waals surface area contributed by atoms with Gasteiger partial charge in [0.25, 0.3) is 0 Å². The van der Waals surface area contributed by atoms with Gasteiger partial charge in [-0.2, -0.15) is 0 Å². The fourth-order valence-corrected chi connectivity index (χ4v) is 8.70. The number of fused-ring (bicyclic) bond motifs is 3. The van der Waals surface area contributed by atoms with Crippen molar-refractivity contribution in [3.8, 4) is 0 Å². The lowest BCUT2D eigenvalue weighted by Gasteiger charge is -2.41. The predicted octanol–water partition coefficient (Wildman–Crippen LogP) is 5.49. The number of allylic oxidation sites excluding steroid dienone is 1. The summed E-state index contributed by atoms with van der Waals surface area (Å²) in [7, 11) is 0. The van der Waals surface area contributed by atoms with Crippen LogP contribution in [0.1, 0.15) is 165 Å². The van der Waals surface area contributed by atoms with Gasteiger partial charge in [0.15, 0.2) is 29.5 Å². The minimum atomic E-state index is -2.61. The zero-order valence-electron chi connectivity index (χ0n) is 37.2. The van der Waals surface area contributed by atoms with E-state index in [1.165, 1.54) is 6.92 Å². The molecule has 5 N–H and O–H groups in total. The number of carbonyl (C=O) groups excluding carboxylic acids is 6. The molecule has 1 aliphatic heterocycles. The van der Waals surface area contributed by atoms with E-state index in [0.29, 0.717) is 19.4 Å². The van der Waals surface area contributed by atoms with Crippen LogP contribution in [0.3, 0.4) is 0 Å². The summed E-state index contributed by atoms with van der Waals surface area (Å²) < 4.78 is 29.9. The molecule has 0 spiro atoms. The Labute approximate surface area is 355 Å². The lowest BCUT2D eigenvalue weighted by atomic mass is 9.75. The second-order valence-electron chi connectivity index (χ2n) is 17.3. The molecule has 0 bridgehead atoms. The van der Waals surface area contributed by atoms with Crippen LogP contribution in [0.2, 0.25) is 0 Å². The third kappa shape index (κ3) is 12.4. The number of aliphatic hydroxyl groups is 2. The Kier molecular flexibility index (Phi) is 19.3. The maximum absolute atomic E-state index is 13.5. The van der Waals surface area contributed by atoms with Gasteiger partial charge in [0.1, 0.15) is 11.7 Å². The Bertz CT molecular complexity index is 1590. The highest BCUT2D eigenvalue weighted by Gasteiger charge is 2.76. The van der Waals surface area contributed by atoms with Gasteiger partial charge in [-0.05, 0) is 72.0 Å². The molecule has 0 aromatic heterocycles. The highest BCUT2D eigenvalue weighted by Crippen LogP contribution is 2.57. The molecule has 15 heteroatoms. The van der Waals surface area contributed by atoms with E-state index in [1.807, 2.05) is 0 Å². The second kappa shape index (κ2) is 22.9. The first-order valence-electron chi connectivity index (χ1n) is 22.1. The molecule has 60 heavy (non-hydrogen) atoms. The first-order valence-corrected chi connectivity index (χ1v) is 22.1. The van der Waals surface area contributed by atoms with E-state index in [2.05, 4.69) is 12.2 Å². The SMILES string of the molecule is C/C=C(/C)C(=O)O[C@H]1C(C)=C2[C@H]([C@@H]1OC(=O)CCCCCCC)[C@@](C)(OC(C)=O)C[C@H](OC(=O)CCCCCCCCCCCNC(=O)[C@H](C)N)[C@@]1(O)[C@H]2OC(=O)[C@@]1(C)O. The van der Waals surface area contributed by atoms with Gasteiger partial charge in [0.2, 0.25) is 5.91 Å². The molecule has 0 aromatic rings. The van der Waals surface area contributed by atoms with Crippen molar-refractivity contribution in [1.82, 2.24) is 5.32 Å². The van der Waals surface area contributed by atoms with Crippen LogP contribution in [0, 0.1) is 5.92 Å². The number of rotatable bonds is 24. The summed E-state index contributed by atoms with van der Waals surface area (Å²) in [5.74, 6) is -5.22. The molecule has 3 rings (SSSR count). The topological polar surface area (TPSA) is 227 Å². The Hall–Kier alpha value is -3.82. The first-order chi connectivity index (χ1) is 28.3. The van der Waals surface area contributed by atoms with Gasteiger partial charge >= 0.3 is 29.8 Å². The third-order valence-corrected chi connectivity index (χ3v) is 12.3. The largest absolute Gasteiger partial charge is 0.459 e. The van der Waals surface area contributed by atoms with Crippen molar-refractivity contribution in [2.75, 3.05) is 6.54 Å². The molecule has 1 saturated carbocycles. The Balaban J connectivity index is 1.84. The molecule has 15 nitrogen and oxygen atoms in total. The molecule has 1 heterocycles. The van der Waals surface area contributed by atoms with E-state index in [1.54, 1.807) is 40.7 Å². The molecule has 9 atom stereocenters. The average molecular weight is 849 g/mol. The molecular weight excluding hydrogens is 776 g/mol. The van der Waals surface area contributed by atoms with Crippen LogP contribution < -0.4 is 11.1 Å². The Morgan fingerprint density at radius 2 is 1.40 bits per heavy atom. The second-order valence-corrected chi connectivity index (χ2v) is 17.3. The van der Waals surface area contributed by atoms with Crippen LogP contribution >= 0.6 is 0 Å². The van der Waals surface area contributed by atoms with Crippen molar-refractivity contribution in [2.45, 2.75) is 212 Å². The minimum absolute atomic E-state index is 0.0163. The van der Waals surface area contributed by atoms with Crippen molar-refractivity contribution in [1.29, 1.82) is 0 Å². The van der Waals surface area contributed by atoms with Crippen LogP contribution in [0.4, 0.5) is 0 Å². The van der Waals surface area contributed by atoms with E-state index in [-0.39, 0.29) is 35.5 Å². The summed E-state index contributed by atoms with van der Waals surface area (Å²) in [4.78, 5) is 78.2. The van der Waals surface area contributed by atoms with Gasteiger partial charge in [0, 0.05) is 38.3 Å². The third-order valence-electron chi connectivity index (χ3n) is 12.3. The van der Waals surface area contributed by atoms with E-state index < -0.39 is 89.4 Å². The minimum Gasteiger partial charge on any atom is -0.459 e. The van der Waals surface area contributed by atoms with E-state index in [4.69, 9.17) is 29.4 Å². The Morgan fingerprint density at radius 3 is 1.93 bits per heavy atom. The standard InChI is InChI=1S/C45H72N2O13/c1-9-11-12-18-21-25-34(50)57-38-36-35(29(4)37(38)58-41(52)28(3)10-2)39-45(55,44(8,54)42(53)59-39)32(27-43(36,7)60-31(6)48)56-33(49)24-22-19-16-14-13-15-17-20-23-26-47-40(51)30(5)46/h10,30,32,36-39,54-55H,9,11-27,46H2,1-8H3,(H,47,51)/b28-10-/t30-,32-,36+,37-,38-,39-,43-,44+,45+/m0/s1. The zero-order chi connectivity index (χ0) is 44.8. The molecule has 340 valence electrons. The molecule has 0 radical (unpaired) electrons. The fraction of sp³-hybridized carbons (Fsp3) is 0.778. The van der Waals surface area contributed by atoms with Crippen LogP contribution in [0.25, 0.3) is 0 Å². The van der Waals surface area contributed by atoms with Gasteiger partial charge in [-0.25, -0.2) is 9.59 Å². The summed E-state index contributed by atoms with van der Waals surface area (Å²) in [5, 5.41) is 27.2. The number of nitrogens with one attached hydrogen (secondary N) is 1. The summed E-state index contributed by atoms with van der Waals surface area (Å²) in [6.07, 6.45) is 7.80. The monoisotopic (exact) mass is 849 g/mol. The van der Waals surface area contributed by atoms with Crippen molar-refractivity contribution in [3.63, 3.8) is 0 Å². The van der Waals surface area contributed by atoms with Crippen molar-refractivity contribution < 1.29 is 62.7 Å². The van der Waals surface area contributed by atoms with Gasteiger partial charge in [-0.15, -0.1) is 0 Å². The number of amides is 1. The summed E-state index contributed by atoms with van der Waals surface area (Å²) >= 11 is 0. The van der Waals surface area contributed by atoms with Gasteiger partial charge in [0.05, 0.1) is 12.0 Å². The lowest BCUT2D eigenvalue weighted by Crippen LogP contribution is -2.64. The molecule has 1 amide bonds. The summed E-state index contributed by atoms with van der Waals surface area (Å²) in [6.45, 7) is 13.0. The normalized spacial score (nSPS) is 29.1. The number of nitrogens with two attached hydrogens (primary N) is 1. The van der Waals surface area contributed by atoms with E-state index in [9.17, 15) is 39.0 Å². The quantitative estimate of drug-likeness (QED) is 0.0310. The fourth-order valence-electron chi connectivity index (χ4n) is 8.70. The number of esters is 5. The van der Waals surface area contributed by atoms with Crippen LogP contribution in [-0.2, 0) is 52.5 Å². The van der Waals surface area contributed by atoms with Gasteiger partial charge in [-0.1, -0.05) is 83.6 Å². The maximum atomic E-state index is 13.5. The lowest BCUT2D eigenvalue weighted by molar-refractivity contribution is -0.212. The molecule has 1 saturated heterocycles. The molecule has 0 aromatic carbocycles. The van der Waals surface area contributed by atoms with Crippen molar-refractivity contribution in [2.24, 2.45) is 11.7 Å². The highest BCUT2D eigenvalue weighted by molar-refractivity contribution is 5.88. The van der Waals surface area contributed by atoms with Crippen LogP contribution in [0.15, 0.2) is 22.8 Å². The van der Waals surface area contributed by atoms with Gasteiger partial charge < -0.3 is 44.9 Å². The van der Waals surface area contributed by atoms with E-state index in [0.717, 1.165) is 84.0 Å². The maximum Gasteiger partial charge on any atom is 0.341 e. The smallest absolute Gasteiger partial charge is 0.341 e. The van der Waals surface area contributed by atoms with Crippen molar-refractivity contribution >= 4 is 35.8 Å². The molecular formula is C45H72N2O13. The van der Waals surface area contributed by atoms with Crippen molar-refractivity contribution in [3.05, 3.63) is 22.8 Å². The number of unbranched alkanes of at least 4 members (excludes halogenated alkanes) is 12. The number of hydrogen-bond acceptors (Lipinski definition) is 14. The van der Waals surface area contributed by atoms with Gasteiger partial charge in [-0.3, -0.25) is 19.2 Å². The van der Waals surface area contributed by atoms with E-state index >= 15 is 0 Å². The number of hydrogen-bond donors (Lipinski definition) is 4. The number of carbonyl (C=O) groups is 6. The van der Waals surface area contributed by atoms with Crippen LogP contribution in [-0.4, -0.2) is 99.8 Å². The molecule has 2 fully saturated rings. The zero-order valence-corrected chi connectivity index (χ0v) is 37.2. The highest BCUT2D eigenvalue weighted by atomic mass is 16.6. The Morgan fingerprint density at radius 1 is 0.867 bits per heavy atom. The molecule has 2 aliphatic carbocycles. The average Bonchev–Trinajstić information content (AvgIpc) is 3.51. The summed E-state index contributed by atoms with van der Waals surface area (Å²) in [5.41, 5.74) is -0.694.